The van der Waals surface area contributed by atoms with E-state index in [4.69, 9.17) is 9.15 Å². The number of hydrogen-bond acceptors (Lipinski definition) is 5. The molecule has 0 fully saturated rings. The molecule has 26 heavy (non-hydrogen) atoms. The van der Waals surface area contributed by atoms with Crippen LogP contribution in [0.4, 0.5) is 5.69 Å². The van der Waals surface area contributed by atoms with E-state index in [9.17, 15) is 14.4 Å². The highest BCUT2D eigenvalue weighted by Gasteiger charge is 2.13. The number of benzene rings is 2. The summed E-state index contributed by atoms with van der Waals surface area (Å²) in [6.07, 6.45) is 1.40. The second-order valence-electron chi connectivity index (χ2n) is 5.49. The van der Waals surface area contributed by atoms with Crippen LogP contribution in [-0.4, -0.2) is 17.7 Å². The lowest BCUT2D eigenvalue weighted by Gasteiger charge is -2.08. The molecule has 0 atom stereocenters. The van der Waals surface area contributed by atoms with Crippen LogP contribution in [0.15, 0.2) is 71.3 Å². The van der Waals surface area contributed by atoms with Crippen molar-refractivity contribution in [3.8, 4) is 5.75 Å². The minimum absolute atomic E-state index is 0.120. The Labute approximate surface area is 149 Å². The van der Waals surface area contributed by atoms with Crippen molar-refractivity contribution >= 4 is 23.3 Å². The maximum atomic E-state index is 12.3. The first kappa shape index (κ1) is 17.2. The topological polar surface area (TPSA) is 85.6 Å². The molecule has 0 bridgehead atoms. The molecule has 0 aliphatic heterocycles. The Hall–Kier alpha value is -3.67. The smallest absolute Gasteiger partial charge is 0.343 e. The molecule has 0 radical (unpaired) electrons. The fraction of sp³-hybridized carbons (Fsp3) is 0.0500. The predicted octanol–water partition coefficient (Wildman–Crippen LogP) is 3.95. The van der Waals surface area contributed by atoms with E-state index in [1.807, 2.05) is 0 Å². The summed E-state index contributed by atoms with van der Waals surface area (Å²) in [5.41, 5.74) is 1.14. The molecule has 130 valence electrons. The van der Waals surface area contributed by atoms with Gasteiger partial charge >= 0.3 is 5.97 Å². The van der Waals surface area contributed by atoms with E-state index in [0.29, 0.717) is 11.3 Å². The van der Waals surface area contributed by atoms with Crippen molar-refractivity contribution < 1.29 is 23.5 Å². The Balaban J connectivity index is 1.73. The largest absolute Gasteiger partial charge is 0.459 e. The summed E-state index contributed by atoms with van der Waals surface area (Å²) in [5.74, 6) is -0.702. The summed E-state index contributed by atoms with van der Waals surface area (Å²) in [6, 6.07) is 15.9. The molecule has 0 saturated carbocycles. The van der Waals surface area contributed by atoms with Gasteiger partial charge in [-0.15, -0.1) is 0 Å². The number of hydrogen-bond donors (Lipinski definition) is 1. The quantitative estimate of drug-likeness (QED) is 0.428. The second-order valence-corrected chi connectivity index (χ2v) is 5.49. The molecule has 1 aromatic heterocycles. The van der Waals surface area contributed by atoms with Crippen LogP contribution in [-0.2, 0) is 0 Å². The summed E-state index contributed by atoms with van der Waals surface area (Å²) in [5, 5.41) is 2.64. The van der Waals surface area contributed by atoms with Crippen molar-refractivity contribution in [1.29, 1.82) is 0 Å². The van der Waals surface area contributed by atoms with Crippen LogP contribution < -0.4 is 10.1 Å². The number of anilines is 1. The number of Topliss-reactive ketones (excluding diaryl/α,β-unsaturated/α-hetero) is 1. The highest BCUT2D eigenvalue weighted by molar-refractivity contribution is 6.03. The van der Waals surface area contributed by atoms with E-state index in [1.54, 1.807) is 42.5 Å². The van der Waals surface area contributed by atoms with Crippen molar-refractivity contribution in [1.82, 2.24) is 0 Å². The normalized spacial score (nSPS) is 10.2. The Kier molecular flexibility index (Phi) is 4.94. The number of rotatable bonds is 5. The molecule has 0 saturated heterocycles. The van der Waals surface area contributed by atoms with Crippen LogP contribution in [0.25, 0.3) is 0 Å². The number of furan rings is 1. The van der Waals surface area contributed by atoms with Gasteiger partial charge in [0.25, 0.3) is 5.91 Å². The lowest BCUT2D eigenvalue weighted by Crippen LogP contribution is -2.13. The van der Waals surface area contributed by atoms with E-state index >= 15 is 0 Å². The third-order valence-electron chi connectivity index (χ3n) is 3.55. The van der Waals surface area contributed by atoms with Gasteiger partial charge in [0.2, 0.25) is 0 Å². The average molecular weight is 349 g/mol. The number of nitrogens with one attached hydrogen (secondary N) is 1. The molecule has 2 aromatic carbocycles. The van der Waals surface area contributed by atoms with Crippen molar-refractivity contribution in [3.63, 3.8) is 0 Å². The SMILES string of the molecule is CC(=O)c1cccc(OC(=O)c2cccc(NC(=O)c3ccco3)c2)c1. The first-order valence-corrected chi connectivity index (χ1v) is 7.81. The van der Waals surface area contributed by atoms with Crippen molar-refractivity contribution in [2.45, 2.75) is 6.92 Å². The van der Waals surface area contributed by atoms with Gasteiger partial charge in [-0.25, -0.2) is 4.79 Å². The Bertz CT molecular complexity index is 960. The molecular weight excluding hydrogens is 334 g/mol. The van der Waals surface area contributed by atoms with Crippen LogP contribution in [0.1, 0.15) is 38.2 Å². The lowest BCUT2D eigenvalue weighted by atomic mass is 10.1. The molecule has 0 aliphatic rings. The minimum Gasteiger partial charge on any atom is -0.459 e. The minimum atomic E-state index is -0.597. The third-order valence-corrected chi connectivity index (χ3v) is 3.55. The van der Waals surface area contributed by atoms with Crippen molar-refractivity contribution in [3.05, 3.63) is 83.8 Å². The van der Waals surface area contributed by atoms with Gasteiger partial charge in [-0.05, 0) is 49.4 Å². The second kappa shape index (κ2) is 7.48. The van der Waals surface area contributed by atoms with Crippen LogP contribution in [0.2, 0.25) is 0 Å². The lowest BCUT2D eigenvalue weighted by molar-refractivity contribution is 0.0733. The maximum Gasteiger partial charge on any atom is 0.343 e. The maximum absolute atomic E-state index is 12.3. The molecule has 3 aromatic rings. The molecule has 0 aliphatic carbocycles. The summed E-state index contributed by atoms with van der Waals surface area (Å²) in [7, 11) is 0. The summed E-state index contributed by atoms with van der Waals surface area (Å²) in [4.78, 5) is 35.7. The number of carbonyl (C=O) groups is 3. The molecule has 0 unspecified atom stereocenters. The van der Waals surface area contributed by atoms with Crippen LogP contribution in [0.3, 0.4) is 0 Å². The van der Waals surface area contributed by atoms with E-state index < -0.39 is 11.9 Å². The first-order valence-electron chi connectivity index (χ1n) is 7.81. The summed E-state index contributed by atoms with van der Waals surface area (Å²) < 4.78 is 10.3. The van der Waals surface area contributed by atoms with Gasteiger partial charge in [0.05, 0.1) is 11.8 Å². The van der Waals surface area contributed by atoms with Crippen LogP contribution >= 0.6 is 0 Å². The fourth-order valence-corrected chi connectivity index (χ4v) is 2.27. The zero-order chi connectivity index (χ0) is 18.5. The molecule has 6 nitrogen and oxygen atoms in total. The average Bonchev–Trinajstić information content (AvgIpc) is 3.17. The van der Waals surface area contributed by atoms with Gasteiger partial charge in [0.1, 0.15) is 5.75 Å². The molecule has 6 heteroatoms. The monoisotopic (exact) mass is 349 g/mol. The molecule has 1 heterocycles. The first-order chi connectivity index (χ1) is 12.5. The number of esters is 1. The highest BCUT2D eigenvalue weighted by Crippen LogP contribution is 2.18. The van der Waals surface area contributed by atoms with Gasteiger partial charge in [-0.3, -0.25) is 9.59 Å². The van der Waals surface area contributed by atoms with Gasteiger partial charge in [0.15, 0.2) is 11.5 Å². The summed E-state index contributed by atoms with van der Waals surface area (Å²) >= 11 is 0. The number of ether oxygens (including phenoxy) is 1. The van der Waals surface area contributed by atoms with Gasteiger partial charge in [0, 0.05) is 11.3 Å². The fourth-order valence-electron chi connectivity index (χ4n) is 2.27. The highest BCUT2D eigenvalue weighted by atomic mass is 16.5. The molecule has 1 N–H and O–H groups in total. The van der Waals surface area contributed by atoms with E-state index in [1.165, 1.54) is 31.4 Å². The van der Waals surface area contributed by atoms with Crippen molar-refractivity contribution in [2.75, 3.05) is 5.32 Å². The van der Waals surface area contributed by atoms with Crippen LogP contribution in [0, 0.1) is 0 Å². The standard InChI is InChI=1S/C20H15NO5/c1-13(22)14-5-3-8-17(12-14)26-20(24)15-6-2-7-16(11-15)21-19(23)18-9-4-10-25-18/h2-12H,1H3,(H,21,23). The molecule has 3 rings (SSSR count). The van der Waals surface area contributed by atoms with Gasteiger partial charge in [-0.2, -0.15) is 0 Å². The van der Waals surface area contributed by atoms with E-state index in [0.717, 1.165) is 0 Å². The van der Waals surface area contributed by atoms with E-state index in [2.05, 4.69) is 5.32 Å². The van der Waals surface area contributed by atoms with Gasteiger partial charge in [-0.1, -0.05) is 18.2 Å². The third kappa shape index (κ3) is 4.05. The molecule has 0 spiro atoms. The van der Waals surface area contributed by atoms with Crippen molar-refractivity contribution in [2.24, 2.45) is 0 Å². The molecule has 1 amide bonds. The number of ketones is 1. The number of carbonyl (C=O) groups excluding carboxylic acids is 3. The number of amides is 1. The summed E-state index contributed by atoms with van der Waals surface area (Å²) in [6.45, 7) is 1.44. The van der Waals surface area contributed by atoms with Crippen LogP contribution in [0.5, 0.6) is 5.75 Å². The Morgan fingerprint density at radius 1 is 0.923 bits per heavy atom. The Morgan fingerprint density at radius 3 is 2.42 bits per heavy atom. The van der Waals surface area contributed by atoms with Gasteiger partial charge < -0.3 is 14.5 Å². The van der Waals surface area contributed by atoms with E-state index in [-0.39, 0.29) is 22.9 Å². The Morgan fingerprint density at radius 2 is 1.69 bits per heavy atom. The zero-order valence-electron chi connectivity index (χ0n) is 13.9. The predicted molar refractivity (Wildman–Crippen MR) is 94.5 cm³/mol. The zero-order valence-corrected chi connectivity index (χ0v) is 13.9. The molecular formula is C20H15NO5.